The smallest absolute Gasteiger partial charge is 0.255 e. The second-order valence-corrected chi connectivity index (χ2v) is 8.86. The van der Waals surface area contributed by atoms with E-state index in [9.17, 15) is 4.79 Å². The van der Waals surface area contributed by atoms with E-state index in [0.717, 1.165) is 33.2 Å². The molecule has 10 nitrogen and oxygen atoms in total. The third kappa shape index (κ3) is 4.15. The number of fused-ring (bicyclic) bond motifs is 2. The van der Waals surface area contributed by atoms with Gasteiger partial charge in [0, 0.05) is 47.0 Å². The number of nitrogens with one attached hydrogen (secondary N) is 3. The van der Waals surface area contributed by atoms with Gasteiger partial charge in [0.15, 0.2) is 11.5 Å². The number of imidazole rings is 1. The molecule has 0 spiro atoms. The summed E-state index contributed by atoms with van der Waals surface area (Å²) in [6.07, 6.45) is 10.3. The summed E-state index contributed by atoms with van der Waals surface area (Å²) in [6.45, 7) is 0. The van der Waals surface area contributed by atoms with Crippen LogP contribution >= 0.6 is 0 Å². The summed E-state index contributed by atoms with van der Waals surface area (Å²) < 4.78 is 0. The number of amides is 1. The summed E-state index contributed by atoms with van der Waals surface area (Å²) in [7, 11) is 0. The summed E-state index contributed by atoms with van der Waals surface area (Å²) in [5, 5.41) is 10.4. The van der Waals surface area contributed by atoms with Crippen LogP contribution in [0.15, 0.2) is 97.8 Å². The van der Waals surface area contributed by atoms with Gasteiger partial charge in [-0.1, -0.05) is 24.3 Å². The minimum absolute atomic E-state index is 0.208. The predicted octanol–water partition coefficient (Wildman–Crippen LogP) is 5.27. The van der Waals surface area contributed by atoms with Crippen molar-refractivity contribution in [3.63, 3.8) is 0 Å². The minimum atomic E-state index is -0.208. The van der Waals surface area contributed by atoms with Crippen molar-refractivity contribution in [2.75, 3.05) is 5.32 Å². The first-order valence-electron chi connectivity index (χ1n) is 12.1. The Morgan fingerprint density at radius 3 is 2.49 bits per heavy atom. The van der Waals surface area contributed by atoms with Crippen LogP contribution < -0.4 is 5.32 Å². The Kier molecular flexibility index (Phi) is 5.33. The van der Waals surface area contributed by atoms with Crippen molar-refractivity contribution in [2.24, 2.45) is 0 Å². The summed E-state index contributed by atoms with van der Waals surface area (Å²) in [4.78, 5) is 38.6. The molecule has 6 aromatic heterocycles. The number of anilines is 1. The fourth-order valence-corrected chi connectivity index (χ4v) is 4.44. The summed E-state index contributed by atoms with van der Waals surface area (Å²) in [6, 6.07) is 18.5. The number of rotatable bonds is 5. The van der Waals surface area contributed by atoms with Gasteiger partial charge in [-0.15, -0.1) is 0 Å². The van der Waals surface area contributed by atoms with E-state index >= 15 is 0 Å². The summed E-state index contributed by atoms with van der Waals surface area (Å²) in [5.41, 5.74) is 7.93. The molecule has 1 aromatic carbocycles. The number of carbonyl (C=O) groups is 1. The molecule has 10 heteroatoms. The number of pyridine rings is 4. The fraction of sp³-hybridized carbons (Fsp3) is 0. The largest absolute Gasteiger partial charge is 0.335 e. The molecule has 186 valence electrons. The molecule has 0 atom stereocenters. The Morgan fingerprint density at radius 2 is 1.62 bits per heavy atom. The van der Waals surface area contributed by atoms with E-state index in [0.29, 0.717) is 34.0 Å². The molecule has 0 fully saturated rings. The first-order chi connectivity index (χ1) is 19.2. The van der Waals surface area contributed by atoms with Gasteiger partial charge in [-0.2, -0.15) is 5.10 Å². The molecule has 0 unspecified atom stereocenters. The predicted molar refractivity (Wildman–Crippen MR) is 148 cm³/mol. The molecule has 7 aromatic rings. The molecule has 0 radical (unpaired) electrons. The molecular weight excluding hydrogens is 490 g/mol. The van der Waals surface area contributed by atoms with Crippen LogP contribution in [0.4, 0.5) is 5.69 Å². The number of hydrogen-bond donors (Lipinski definition) is 3. The normalized spacial score (nSPS) is 11.2. The number of nitrogens with zero attached hydrogens (tertiary/aromatic N) is 6. The summed E-state index contributed by atoms with van der Waals surface area (Å²) in [5.74, 6) is 0.362. The van der Waals surface area contributed by atoms with Crippen molar-refractivity contribution in [1.82, 2.24) is 40.1 Å². The number of aromatic nitrogens is 8. The average Bonchev–Trinajstić information content (AvgIpc) is 3.62. The standard InChI is InChI=1S/C29H19N9O/c39-29(17-5-2-1-3-6-17)33-20-11-19(13-31-14-20)22-8-9-23-26(34-22)27(38-37-23)28-35-24-16-32-15-21(25(24)36-28)18-7-4-10-30-12-18/h1-16H,(H,33,39)(H,35,36)(H,37,38). The zero-order valence-corrected chi connectivity index (χ0v) is 20.3. The number of H-pyrrole nitrogens is 2. The van der Waals surface area contributed by atoms with Gasteiger partial charge in [-0.3, -0.25) is 24.8 Å². The van der Waals surface area contributed by atoms with Crippen molar-refractivity contribution in [2.45, 2.75) is 0 Å². The highest BCUT2D eigenvalue weighted by atomic mass is 16.1. The van der Waals surface area contributed by atoms with E-state index in [-0.39, 0.29) is 5.91 Å². The van der Waals surface area contributed by atoms with Crippen molar-refractivity contribution in [3.8, 4) is 33.9 Å². The highest BCUT2D eigenvalue weighted by Gasteiger charge is 2.17. The fourth-order valence-electron chi connectivity index (χ4n) is 4.44. The third-order valence-electron chi connectivity index (χ3n) is 6.33. The number of hydrogen-bond acceptors (Lipinski definition) is 7. The van der Waals surface area contributed by atoms with E-state index in [1.54, 1.807) is 49.3 Å². The summed E-state index contributed by atoms with van der Waals surface area (Å²) >= 11 is 0. The maximum Gasteiger partial charge on any atom is 0.255 e. The molecule has 0 bridgehead atoms. The van der Waals surface area contributed by atoms with Crippen LogP contribution in [0.3, 0.4) is 0 Å². The van der Waals surface area contributed by atoms with Crippen molar-refractivity contribution >= 4 is 33.7 Å². The van der Waals surface area contributed by atoms with Gasteiger partial charge in [0.05, 0.1) is 34.8 Å². The van der Waals surface area contributed by atoms with Crippen molar-refractivity contribution in [3.05, 3.63) is 103 Å². The van der Waals surface area contributed by atoms with Gasteiger partial charge in [0.2, 0.25) is 0 Å². The molecule has 0 aliphatic carbocycles. The quantitative estimate of drug-likeness (QED) is 0.287. The van der Waals surface area contributed by atoms with Gasteiger partial charge in [-0.25, -0.2) is 9.97 Å². The van der Waals surface area contributed by atoms with Gasteiger partial charge < -0.3 is 10.3 Å². The van der Waals surface area contributed by atoms with Crippen molar-refractivity contribution in [1.29, 1.82) is 0 Å². The topological polar surface area (TPSA) is 138 Å². The molecule has 0 aliphatic heterocycles. The lowest BCUT2D eigenvalue weighted by atomic mass is 10.1. The van der Waals surface area contributed by atoms with Crippen molar-refractivity contribution < 1.29 is 4.79 Å². The zero-order valence-electron chi connectivity index (χ0n) is 20.3. The van der Waals surface area contributed by atoms with E-state index in [1.807, 2.05) is 48.5 Å². The Labute approximate surface area is 221 Å². The Hall–Kier alpha value is -5.77. The molecule has 3 N–H and O–H groups in total. The second kappa shape index (κ2) is 9.27. The van der Waals surface area contributed by atoms with Crippen LogP contribution in [0, 0.1) is 0 Å². The maximum atomic E-state index is 12.6. The SMILES string of the molecule is O=C(Nc1cncc(-c2ccc3[nH]nc(-c4nc5c(-c6cccnc6)cncc5[nH]4)c3n2)c1)c1ccccc1. The Morgan fingerprint density at radius 1 is 0.744 bits per heavy atom. The first-order valence-corrected chi connectivity index (χ1v) is 12.1. The molecule has 6 heterocycles. The molecule has 0 aliphatic rings. The van der Waals surface area contributed by atoms with Crippen LogP contribution in [-0.4, -0.2) is 46.0 Å². The second-order valence-electron chi connectivity index (χ2n) is 8.86. The van der Waals surface area contributed by atoms with Crippen LogP contribution in [0.2, 0.25) is 0 Å². The van der Waals surface area contributed by atoms with Gasteiger partial charge in [0.1, 0.15) is 11.0 Å². The Bertz CT molecular complexity index is 1960. The monoisotopic (exact) mass is 509 g/mol. The first kappa shape index (κ1) is 22.4. The molecule has 7 rings (SSSR count). The maximum absolute atomic E-state index is 12.6. The van der Waals surface area contributed by atoms with E-state index in [4.69, 9.17) is 9.97 Å². The van der Waals surface area contributed by atoms with E-state index in [1.165, 1.54) is 0 Å². The lowest BCUT2D eigenvalue weighted by molar-refractivity contribution is 0.102. The van der Waals surface area contributed by atoms with Crippen LogP contribution in [0.5, 0.6) is 0 Å². The molecular formula is C29H19N9O. The average molecular weight is 510 g/mol. The highest BCUT2D eigenvalue weighted by molar-refractivity contribution is 6.04. The molecule has 0 saturated heterocycles. The molecule has 0 saturated carbocycles. The van der Waals surface area contributed by atoms with E-state index < -0.39 is 0 Å². The van der Waals surface area contributed by atoms with Crippen LogP contribution in [-0.2, 0) is 0 Å². The Balaban J connectivity index is 1.25. The van der Waals surface area contributed by atoms with Gasteiger partial charge >= 0.3 is 0 Å². The van der Waals surface area contributed by atoms with Crippen LogP contribution in [0.1, 0.15) is 10.4 Å². The van der Waals surface area contributed by atoms with E-state index in [2.05, 4.69) is 35.5 Å². The number of aromatic amines is 2. The van der Waals surface area contributed by atoms with Gasteiger partial charge in [0.25, 0.3) is 5.91 Å². The zero-order chi connectivity index (χ0) is 26.2. The van der Waals surface area contributed by atoms with Crippen LogP contribution in [0.25, 0.3) is 56.0 Å². The lowest BCUT2D eigenvalue weighted by Crippen LogP contribution is -2.11. The lowest BCUT2D eigenvalue weighted by Gasteiger charge is -2.07. The molecule has 1 amide bonds. The number of carbonyl (C=O) groups excluding carboxylic acids is 1. The molecule has 39 heavy (non-hydrogen) atoms. The minimum Gasteiger partial charge on any atom is -0.335 e. The number of benzene rings is 1. The van der Waals surface area contributed by atoms with Gasteiger partial charge in [-0.05, 0) is 36.4 Å². The highest BCUT2D eigenvalue weighted by Crippen LogP contribution is 2.31. The third-order valence-corrected chi connectivity index (χ3v) is 6.33.